The summed E-state index contributed by atoms with van der Waals surface area (Å²) in [6.45, 7) is 15.7. The monoisotopic (exact) mass is 574 g/mol. The molecule has 182 valence electrons. The van der Waals surface area contributed by atoms with Crippen LogP contribution < -0.4 is 52.8 Å². The summed E-state index contributed by atoms with van der Waals surface area (Å²) in [7, 11) is -2.46. The maximum absolute atomic E-state index is 3.56. The van der Waals surface area contributed by atoms with E-state index in [-0.39, 0.29) is 58.9 Å². The molecule has 0 saturated heterocycles. The van der Waals surface area contributed by atoms with Crippen LogP contribution >= 0.6 is 0 Å². The Morgan fingerprint density at radius 3 is 1.03 bits per heavy atom. The van der Waals surface area contributed by atoms with Crippen LogP contribution in [0.5, 0.6) is 0 Å². The van der Waals surface area contributed by atoms with Gasteiger partial charge in [0.15, 0.2) is 0 Å². The summed E-state index contributed by atoms with van der Waals surface area (Å²) < 4.78 is 0. The molecule has 5 heteroatoms. The fourth-order valence-electron chi connectivity index (χ4n) is 5.58. The van der Waals surface area contributed by atoms with Gasteiger partial charge in [0, 0.05) is 0 Å². The molecule has 0 atom stereocenters. The Bertz CT molecular complexity index is 1060. The fourth-order valence-corrected chi connectivity index (χ4v) is 11.3. The van der Waals surface area contributed by atoms with Gasteiger partial charge in [-0.15, -0.1) is 0 Å². The number of aryl methyl sites for hydroxylation is 6. The second-order valence-electron chi connectivity index (χ2n) is 9.54. The predicted octanol–water partition coefficient (Wildman–Crippen LogP) is -3.36. The molecule has 0 aliphatic heterocycles. The van der Waals surface area contributed by atoms with E-state index in [9.17, 15) is 0 Å². The topological polar surface area (TPSA) is 0 Å². The van der Waals surface area contributed by atoms with Crippen molar-refractivity contribution in [3.8, 4) is 0 Å². The average molecular weight is 576 g/mol. The van der Waals surface area contributed by atoms with Crippen molar-refractivity contribution < 1.29 is 58.9 Å². The van der Waals surface area contributed by atoms with E-state index in [1.807, 2.05) is 0 Å². The minimum atomic E-state index is -2.46. The minimum absolute atomic E-state index is 0. The van der Waals surface area contributed by atoms with E-state index < -0.39 is 8.07 Å². The van der Waals surface area contributed by atoms with Crippen molar-refractivity contribution in [3.05, 3.63) is 111 Å². The maximum atomic E-state index is 3.56. The quantitative estimate of drug-likeness (QED) is 0.173. The van der Waals surface area contributed by atoms with E-state index >= 15 is 0 Å². The third kappa shape index (κ3) is 6.64. The number of hydrogen-bond donors (Lipinski definition) is 0. The van der Waals surface area contributed by atoms with Crippen LogP contribution in [0.3, 0.4) is 0 Å². The first-order chi connectivity index (χ1) is 14.7. The van der Waals surface area contributed by atoms with Crippen molar-refractivity contribution in [2.45, 2.75) is 54.9 Å². The number of halogens is 3. The van der Waals surface area contributed by atoms with Gasteiger partial charge < -0.3 is 37.2 Å². The Morgan fingerprint density at radius 1 is 0.514 bits per heavy atom. The molecule has 0 radical (unpaired) electrons. The Balaban J connectivity index is 0.00000289. The first kappa shape index (κ1) is 33.9. The molecule has 0 fully saturated rings. The van der Waals surface area contributed by atoms with Crippen LogP contribution in [0.25, 0.3) is 0 Å². The van der Waals surface area contributed by atoms with Gasteiger partial charge >= 0.3 is 21.7 Å². The van der Waals surface area contributed by atoms with E-state index in [4.69, 9.17) is 0 Å². The zero-order chi connectivity index (χ0) is 22.3. The van der Waals surface area contributed by atoms with Crippen molar-refractivity contribution in [2.75, 3.05) is 0 Å². The van der Waals surface area contributed by atoms with E-state index in [1.165, 1.54) is 54.5 Å². The number of benzene rings is 3. The molecule has 0 bridgehead atoms. The third-order valence-electron chi connectivity index (χ3n) is 6.49. The van der Waals surface area contributed by atoms with Gasteiger partial charge in [-0.1, -0.05) is 117 Å². The maximum Gasteiger partial charge on any atom is 4.00 e. The van der Waals surface area contributed by atoms with Crippen LogP contribution in [0.1, 0.15) is 46.7 Å². The molecule has 0 heterocycles. The van der Waals surface area contributed by atoms with Crippen molar-refractivity contribution in [1.82, 2.24) is 0 Å². The summed E-state index contributed by atoms with van der Waals surface area (Å²) in [6.07, 6.45) is 6.79. The van der Waals surface area contributed by atoms with Crippen molar-refractivity contribution in [1.29, 1.82) is 0 Å². The number of allylic oxidation sites excluding steroid dienone is 4. The standard InChI is InChI=1S/C30H33Si.3ClH.Ti/c1-20-11-21(2)15-27(14-20)31(30-10-8-9-26(30)7,28-16-22(3)12-23(4)17-28)29-18-24(5)13-25(6)19-29;;;;/h8,11-19H,10H2,1-7H3;3*1H;/q-1;;;;+4/p-3. The van der Waals surface area contributed by atoms with Crippen LogP contribution in [0.4, 0.5) is 0 Å². The Kier molecular flexibility index (Phi) is 13.1. The average Bonchev–Trinajstić information content (AvgIpc) is 3.06. The van der Waals surface area contributed by atoms with Crippen molar-refractivity contribution >= 4 is 23.6 Å². The minimum Gasteiger partial charge on any atom is -1.00 e. The molecule has 3 aromatic rings. The normalized spacial score (nSPS) is 12.3. The molecule has 0 saturated carbocycles. The third-order valence-corrected chi connectivity index (χ3v) is 11.4. The molecule has 0 amide bonds. The molecule has 0 nitrogen and oxygen atoms in total. The van der Waals surface area contributed by atoms with E-state index in [0.29, 0.717) is 0 Å². The smallest absolute Gasteiger partial charge is 1.00 e. The summed E-state index contributed by atoms with van der Waals surface area (Å²) in [6, 6.07) is 21.6. The second kappa shape index (κ2) is 13.5. The molecule has 35 heavy (non-hydrogen) atoms. The van der Waals surface area contributed by atoms with E-state index in [0.717, 1.165) is 6.42 Å². The van der Waals surface area contributed by atoms with Crippen molar-refractivity contribution in [3.63, 3.8) is 0 Å². The van der Waals surface area contributed by atoms with Gasteiger partial charge in [0.2, 0.25) is 0 Å². The molecular weight excluding hydrogens is 543 g/mol. The first-order valence-electron chi connectivity index (χ1n) is 11.2. The molecule has 0 N–H and O–H groups in total. The Labute approximate surface area is 246 Å². The van der Waals surface area contributed by atoms with Crippen LogP contribution in [-0.2, 0) is 21.7 Å². The van der Waals surface area contributed by atoms with Gasteiger partial charge in [-0.05, 0) is 41.5 Å². The summed E-state index contributed by atoms with van der Waals surface area (Å²) in [5.41, 5.74) is 9.37. The zero-order valence-electron chi connectivity index (χ0n) is 21.6. The van der Waals surface area contributed by atoms with Gasteiger partial charge in [0.1, 0.15) is 0 Å². The van der Waals surface area contributed by atoms with Gasteiger partial charge in [-0.25, -0.2) is 10.8 Å². The molecule has 0 aromatic heterocycles. The summed E-state index contributed by atoms with van der Waals surface area (Å²) >= 11 is 0. The van der Waals surface area contributed by atoms with Crippen LogP contribution in [0.2, 0.25) is 0 Å². The number of hydrogen-bond acceptors (Lipinski definition) is 0. The molecule has 0 spiro atoms. The molecule has 3 aromatic carbocycles. The van der Waals surface area contributed by atoms with Gasteiger partial charge in [-0.2, -0.15) is 6.08 Å². The van der Waals surface area contributed by atoms with Crippen LogP contribution in [0, 0.1) is 47.6 Å². The molecule has 0 unspecified atom stereocenters. The zero-order valence-corrected chi connectivity index (χ0v) is 26.4. The second-order valence-corrected chi connectivity index (χ2v) is 13.4. The summed E-state index contributed by atoms with van der Waals surface area (Å²) in [4.78, 5) is 0. The van der Waals surface area contributed by atoms with Gasteiger partial charge in [-0.3, -0.25) is 6.08 Å². The SMILES string of the molecule is CC1=C([Si](c2cc(C)cc(C)c2)(c2cc(C)cc(C)c2)c2cc(C)cc(C)c2)CC=[C-]1.[Cl-].[Cl-].[Cl-].[Ti+4]. The predicted molar refractivity (Wildman–Crippen MR) is 138 cm³/mol. The molecular formula is C30H33Cl3SiTi. The van der Waals surface area contributed by atoms with E-state index in [2.05, 4.69) is 115 Å². The largest absolute Gasteiger partial charge is 4.00 e. The molecule has 1 aliphatic carbocycles. The fraction of sp³-hybridized carbons (Fsp3) is 0.267. The molecule has 1 aliphatic rings. The summed E-state index contributed by atoms with van der Waals surface area (Å²) in [5, 5.41) is 6.05. The summed E-state index contributed by atoms with van der Waals surface area (Å²) in [5.74, 6) is 0. The first-order valence-corrected chi connectivity index (χ1v) is 13.2. The molecule has 4 rings (SSSR count). The van der Waals surface area contributed by atoms with Crippen molar-refractivity contribution in [2.24, 2.45) is 0 Å². The van der Waals surface area contributed by atoms with Gasteiger partial charge in [0.25, 0.3) is 0 Å². The van der Waals surface area contributed by atoms with Crippen LogP contribution in [-0.4, -0.2) is 8.07 Å². The number of rotatable bonds is 4. The Morgan fingerprint density at radius 2 is 0.800 bits per heavy atom. The van der Waals surface area contributed by atoms with Gasteiger partial charge in [0.05, 0.1) is 8.07 Å². The van der Waals surface area contributed by atoms with E-state index in [1.54, 1.807) is 5.20 Å². The Hall–Kier alpha value is -1.06. The van der Waals surface area contributed by atoms with Crippen LogP contribution in [0.15, 0.2) is 71.4 Å².